The second-order valence-electron chi connectivity index (χ2n) is 4.81. The molecule has 17 heavy (non-hydrogen) atoms. The van der Waals surface area contributed by atoms with Crippen molar-refractivity contribution < 1.29 is 23.0 Å². The first kappa shape index (κ1) is 14.8. The van der Waals surface area contributed by atoms with E-state index in [4.69, 9.17) is 0 Å². The zero-order valence-electron chi connectivity index (χ0n) is 10.2. The lowest BCUT2D eigenvalue weighted by Gasteiger charge is -2.34. The third-order valence-electron chi connectivity index (χ3n) is 3.54. The Morgan fingerprint density at radius 2 is 1.94 bits per heavy atom. The van der Waals surface area contributed by atoms with E-state index in [1.54, 1.807) is 0 Å². The van der Waals surface area contributed by atoms with Crippen molar-refractivity contribution in [2.45, 2.75) is 51.3 Å². The lowest BCUT2D eigenvalue weighted by molar-refractivity contribution is -0.182. The lowest BCUT2D eigenvalue weighted by Crippen LogP contribution is -2.34. The van der Waals surface area contributed by atoms with Crippen LogP contribution in [0.5, 0.6) is 0 Å². The van der Waals surface area contributed by atoms with E-state index in [1.807, 2.05) is 0 Å². The zero-order valence-corrected chi connectivity index (χ0v) is 10.2. The van der Waals surface area contributed by atoms with Crippen LogP contribution in [0, 0.1) is 11.8 Å². The first-order chi connectivity index (χ1) is 7.94. The predicted octanol–water partition coefficient (Wildman–Crippen LogP) is 3.14. The summed E-state index contributed by atoms with van der Waals surface area (Å²) in [6.45, 7) is 0.584. The Kier molecular flexibility index (Phi) is 5.73. The maximum absolute atomic E-state index is 11.9. The average Bonchev–Trinajstić information content (AvgIpc) is 2.27. The standard InChI is InChI=1S/C12H21F3O2/c1-2-9-5-3-4-6-10(9)11(16)7-17-8-12(13,14)15/h9-11,16H,2-8H2,1H3. The molecule has 3 atom stereocenters. The number of aliphatic hydroxyl groups is 1. The van der Waals surface area contributed by atoms with E-state index in [1.165, 1.54) is 0 Å². The van der Waals surface area contributed by atoms with Crippen LogP contribution in [0.4, 0.5) is 13.2 Å². The molecule has 2 nitrogen and oxygen atoms in total. The number of rotatable bonds is 5. The summed E-state index contributed by atoms with van der Waals surface area (Å²) in [5.41, 5.74) is 0. The van der Waals surface area contributed by atoms with Gasteiger partial charge in [0, 0.05) is 0 Å². The molecule has 0 saturated heterocycles. The average molecular weight is 254 g/mol. The highest BCUT2D eigenvalue weighted by atomic mass is 19.4. The van der Waals surface area contributed by atoms with Gasteiger partial charge in [0.15, 0.2) is 0 Å². The molecule has 5 heteroatoms. The van der Waals surface area contributed by atoms with Gasteiger partial charge < -0.3 is 9.84 Å². The molecule has 0 aromatic carbocycles. The van der Waals surface area contributed by atoms with Gasteiger partial charge in [0.25, 0.3) is 0 Å². The van der Waals surface area contributed by atoms with Gasteiger partial charge in [-0.3, -0.25) is 0 Å². The van der Waals surface area contributed by atoms with Crippen LogP contribution in [0.25, 0.3) is 0 Å². The number of aliphatic hydroxyl groups excluding tert-OH is 1. The van der Waals surface area contributed by atoms with Crippen molar-refractivity contribution in [2.24, 2.45) is 11.8 Å². The van der Waals surface area contributed by atoms with Gasteiger partial charge >= 0.3 is 6.18 Å². The summed E-state index contributed by atoms with van der Waals surface area (Å²) < 4.78 is 40.2. The van der Waals surface area contributed by atoms with Crippen molar-refractivity contribution in [3.8, 4) is 0 Å². The number of ether oxygens (including phenoxy) is 1. The minimum Gasteiger partial charge on any atom is -0.390 e. The summed E-state index contributed by atoms with van der Waals surface area (Å²) in [6, 6.07) is 0. The Morgan fingerprint density at radius 1 is 1.29 bits per heavy atom. The van der Waals surface area contributed by atoms with Crippen molar-refractivity contribution in [3.05, 3.63) is 0 Å². The van der Waals surface area contributed by atoms with E-state index >= 15 is 0 Å². The normalized spacial score (nSPS) is 28.1. The molecular weight excluding hydrogens is 233 g/mol. The van der Waals surface area contributed by atoms with Crippen LogP contribution in [-0.2, 0) is 4.74 Å². The maximum Gasteiger partial charge on any atom is 0.411 e. The molecule has 1 N–H and O–H groups in total. The number of halogens is 3. The molecule has 1 rings (SSSR count). The Labute approximate surface area is 100 Å². The highest BCUT2D eigenvalue weighted by Crippen LogP contribution is 2.34. The van der Waals surface area contributed by atoms with Crippen molar-refractivity contribution in [3.63, 3.8) is 0 Å². The van der Waals surface area contributed by atoms with Gasteiger partial charge in [-0.2, -0.15) is 13.2 Å². The first-order valence-corrected chi connectivity index (χ1v) is 6.26. The molecule has 102 valence electrons. The van der Waals surface area contributed by atoms with Crippen LogP contribution < -0.4 is 0 Å². The SMILES string of the molecule is CCC1CCCCC1C(O)COCC(F)(F)F. The first-order valence-electron chi connectivity index (χ1n) is 6.26. The third kappa shape index (κ3) is 5.25. The van der Waals surface area contributed by atoms with Crippen LogP contribution in [0.15, 0.2) is 0 Å². The molecule has 0 aliphatic heterocycles. The summed E-state index contributed by atoms with van der Waals surface area (Å²) >= 11 is 0. The van der Waals surface area contributed by atoms with E-state index in [-0.39, 0.29) is 12.5 Å². The summed E-state index contributed by atoms with van der Waals surface area (Å²) in [6.07, 6.45) is 0.0784. The van der Waals surface area contributed by atoms with Crippen LogP contribution in [0.2, 0.25) is 0 Å². The molecule has 0 heterocycles. The molecule has 1 saturated carbocycles. The van der Waals surface area contributed by atoms with Crippen LogP contribution >= 0.6 is 0 Å². The fraction of sp³-hybridized carbons (Fsp3) is 1.00. The molecule has 1 aliphatic rings. The van der Waals surface area contributed by atoms with E-state index in [0.29, 0.717) is 5.92 Å². The van der Waals surface area contributed by atoms with E-state index in [2.05, 4.69) is 11.7 Å². The van der Waals surface area contributed by atoms with Crippen molar-refractivity contribution in [1.29, 1.82) is 0 Å². The number of hydrogen-bond acceptors (Lipinski definition) is 2. The van der Waals surface area contributed by atoms with E-state index < -0.39 is 18.9 Å². The van der Waals surface area contributed by atoms with Gasteiger partial charge in [-0.1, -0.05) is 32.6 Å². The summed E-state index contributed by atoms with van der Waals surface area (Å²) in [4.78, 5) is 0. The highest BCUT2D eigenvalue weighted by molar-refractivity contribution is 4.80. The summed E-state index contributed by atoms with van der Waals surface area (Å²) in [5, 5.41) is 9.88. The molecule has 1 fully saturated rings. The molecule has 0 spiro atoms. The Balaban J connectivity index is 2.32. The van der Waals surface area contributed by atoms with Crippen LogP contribution in [0.3, 0.4) is 0 Å². The predicted molar refractivity (Wildman–Crippen MR) is 58.6 cm³/mol. The largest absolute Gasteiger partial charge is 0.411 e. The third-order valence-corrected chi connectivity index (χ3v) is 3.54. The second-order valence-corrected chi connectivity index (χ2v) is 4.81. The molecule has 0 radical (unpaired) electrons. The smallest absolute Gasteiger partial charge is 0.390 e. The van der Waals surface area contributed by atoms with Gasteiger partial charge in [-0.15, -0.1) is 0 Å². The molecule has 3 unspecified atom stereocenters. The highest BCUT2D eigenvalue weighted by Gasteiger charge is 2.32. The van der Waals surface area contributed by atoms with Gasteiger partial charge in [0.1, 0.15) is 6.61 Å². The van der Waals surface area contributed by atoms with E-state index in [9.17, 15) is 18.3 Å². The van der Waals surface area contributed by atoms with Crippen molar-refractivity contribution >= 4 is 0 Å². The lowest BCUT2D eigenvalue weighted by atomic mass is 9.75. The Bertz CT molecular complexity index is 218. The molecule has 1 aliphatic carbocycles. The minimum absolute atomic E-state index is 0.0991. The minimum atomic E-state index is -4.31. The van der Waals surface area contributed by atoms with Gasteiger partial charge in [-0.05, 0) is 18.3 Å². The van der Waals surface area contributed by atoms with Gasteiger partial charge in [-0.25, -0.2) is 0 Å². The Hall–Kier alpha value is -0.290. The number of hydrogen-bond donors (Lipinski definition) is 1. The van der Waals surface area contributed by atoms with Crippen LogP contribution in [0.1, 0.15) is 39.0 Å². The molecular formula is C12H21F3O2. The molecule has 0 aromatic rings. The molecule has 0 bridgehead atoms. The van der Waals surface area contributed by atoms with Gasteiger partial charge in [0.05, 0.1) is 12.7 Å². The zero-order chi connectivity index (χ0) is 12.9. The van der Waals surface area contributed by atoms with Crippen molar-refractivity contribution in [1.82, 2.24) is 0 Å². The monoisotopic (exact) mass is 254 g/mol. The van der Waals surface area contributed by atoms with E-state index in [0.717, 1.165) is 32.1 Å². The van der Waals surface area contributed by atoms with Crippen LogP contribution in [-0.4, -0.2) is 30.6 Å². The quantitative estimate of drug-likeness (QED) is 0.816. The topological polar surface area (TPSA) is 29.5 Å². The summed E-state index contributed by atoms with van der Waals surface area (Å²) in [5.74, 6) is 0.523. The maximum atomic E-state index is 11.9. The second kappa shape index (κ2) is 6.59. The Morgan fingerprint density at radius 3 is 2.53 bits per heavy atom. The summed E-state index contributed by atoms with van der Waals surface area (Å²) in [7, 11) is 0. The molecule has 0 amide bonds. The number of alkyl halides is 3. The van der Waals surface area contributed by atoms with Crippen molar-refractivity contribution in [2.75, 3.05) is 13.2 Å². The molecule has 0 aromatic heterocycles. The fourth-order valence-corrected chi connectivity index (χ4v) is 2.67. The van der Waals surface area contributed by atoms with Gasteiger partial charge in [0.2, 0.25) is 0 Å². The fourth-order valence-electron chi connectivity index (χ4n) is 2.67.